The minimum atomic E-state index is -0.487. The second-order valence-corrected chi connectivity index (χ2v) is 5.82. The van der Waals surface area contributed by atoms with Gasteiger partial charge in [0, 0.05) is 12.6 Å². The van der Waals surface area contributed by atoms with Gasteiger partial charge in [-0.15, -0.1) is 0 Å². The Morgan fingerprint density at radius 2 is 1.82 bits per heavy atom. The topological polar surface area (TPSA) is 113 Å². The monoisotopic (exact) mass is 389 g/mol. The molecular weight excluding hydrogens is 366 g/mol. The fourth-order valence-electron chi connectivity index (χ4n) is 2.51. The number of methoxy groups -OCH3 is 2. The lowest BCUT2D eigenvalue weighted by Crippen LogP contribution is -2.10. The first-order valence-corrected chi connectivity index (χ1v) is 8.79. The van der Waals surface area contributed by atoms with Crippen LogP contribution in [0.1, 0.15) is 29.6 Å². The molecular formula is C19H23N3O6. The fourth-order valence-corrected chi connectivity index (χ4v) is 2.51. The highest BCUT2D eigenvalue weighted by Gasteiger charge is 2.19. The van der Waals surface area contributed by atoms with Gasteiger partial charge in [-0.1, -0.05) is 6.07 Å². The number of ether oxygens (including phenoxy) is 3. The first-order chi connectivity index (χ1) is 13.6. The lowest BCUT2D eigenvalue weighted by Gasteiger charge is -2.12. The fraction of sp³-hybridized carbons (Fsp3) is 0.368. The molecule has 0 amide bonds. The molecule has 0 radical (unpaired) electrons. The summed E-state index contributed by atoms with van der Waals surface area (Å²) in [5.74, 6) is 0.913. The van der Waals surface area contributed by atoms with Gasteiger partial charge in [0.25, 0.3) is 5.69 Å². The summed E-state index contributed by atoms with van der Waals surface area (Å²) in [6.07, 6.45) is 3.61. The van der Waals surface area contributed by atoms with E-state index in [0.29, 0.717) is 30.3 Å². The SMILES string of the molecule is COc1cccc(OC)c1C(=O)OCCCCCNc1ccc([N+](=O)[O-])cn1. The van der Waals surface area contributed by atoms with Crippen LogP contribution < -0.4 is 14.8 Å². The second kappa shape index (κ2) is 10.7. The Morgan fingerprint density at radius 3 is 2.39 bits per heavy atom. The standard InChI is InChI=1S/C19H23N3O6/c1-26-15-7-6-8-16(27-2)18(15)19(23)28-12-5-3-4-11-20-17-10-9-14(13-21-17)22(24)25/h6-10,13H,3-5,11-12H2,1-2H3,(H,20,21). The summed E-state index contributed by atoms with van der Waals surface area (Å²) < 4.78 is 15.7. The highest BCUT2D eigenvalue weighted by Crippen LogP contribution is 2.28. The third-order valence-electron chi connectivity index (χ3n) is 3.95. The molecule has 0 saturated heterocycles. The minimum absolute atomic E-state index is 0.0426. The van der Waals surface area contributed by atoms with E-state index in [2.05, 4.69) is 10.3 Å². The third kappa shape index (κ3) is 5.83. The first-order valence-electron chi connectivity index (χ1n) is 8.79. The van der Waals surface area contributed by atoms with Crippen LogP contribution in [0.15, 0.2) is 36.5 Å². The molecule has 9 heteroatoms. The van der Waals surface area contributed by atoms with Crippen LogP contribution in [0.2, 0.25) is 0 Å². The Balaban J connectivity index is 1.68. The number of unbranched alkanes of at least 4 members (excludes halogenated alkanes) is 2. The summed E-state index contributed by atoms with van der Waals surface area (Å²) in [6.45, 7) is 0.953. The largest absolute Gasteiger partial charge is 0.496 e. The number of nitrogens with zero attached hydrogens (tertiary/aromatic N) is 2. The Kier molecular flexibility index (Phi) is 8.01. The van der Waals surface area contributed by atoms with E-state index in [1.807, 2.05) is 0 Å². The van der Waals surface area contributed by atoms with Crippen molar-refractivity contribution in [1.82, 2.24) is 4.98 Å². The van der Waals surface area contributed by atoms with E-state index in [1.165, 1.54) is 26.5 Å². The lowest BCUT2D eigenvalue weighted by molar-refractivity contribution is -0.385. The van der Waals surface area contributed by atoms with Crippen molar-refractivity contribution in [3.05, 3.63) is 52.2 Å². The van der Waals surface area contributed by atoms with Crippen molar-refractivity contribution in [2.24, 2.45) is 0 Å². The van der Waals surface area contributed by atoms with E-state index in [1.54, 1.807) is 24.3 Å². The molecule has 9 nitrogen and oxygen atoms in total. The maximum Gasteiger partial charge on any atom is 0.345 e. The normalized spacial score (nSPS) is 10.2. The molecule has 0 aliphatic heterocycles. The molecule has 150 valence electrons. The highest BCUT2D eigenvalue weighted by atomic mass is 16.6. The molecule has 1 aromatic carbocycles. The van der Waals surface area contributed by atoms with Gasteiger partial charge < -0.3 is 19.5 Å². The van der Waals surface area contributed by atoms with E-state index < -0.39 is 10.9 Å². The van der Waals surface area contributed by atoms with Gasteiger partial charge in [-0.05, 0) is 37.5 Å². The quantitative estimate of drug-likeness (QED) is 0.269. The van der Waals surface area contributed by atoms with Crippen LogP contribution in [-0.4, -0.2) is 43.2 Å². The average molecular weight is 389 g/mol. The minimum Gasteiger partial charge on any atom is -0.496 e. The Morgan fingerprint density at radius 1 is 1.11 bits per heavy atom. The molecule has 0 atom stereocenters. The van der Waals surface area contributed by atoms with E-state index in [0.717, 1.165) is 12.8 Å². The molecule has 28 heavy (non-hydrogen) atoms. The van der Waals surface area contributed by atoms with Gasteiger partial charge in [0.2, 0.25) is 0 Å². The zero-order valence-electron chi connectivity index (χ0n) is 15.8. The van der Waals surface area contributed by atoms with Crippen molar-refractivity contribution in [2.45, 2.75) is 19.3 Å². The average Bonchev–Trinajstić information content (AvgIpc) is 2.72. The Labute approximate surface area is 162 Å². The number of esters is 1. The summed E-state index contributed by atoms with van der Waals surface area (Å²) in [6, 6.07) is 8.07. The van der Waals surface area contributed by atoms with Crippen molar-refractivity contribution < 1.29 is 23.9 Å². The molecule has 0 bridgehead atoms. The third-order valence-corrected chi connectivity index (χ3v) is 3.95. The van der Waals surface area contributed by atoms with Crippen LogP contribution in [0.3, 0.4) is 0 Å². The first kappa shape index (κ1) is 20.9. The molecule has 0 aliphatic rings. The lowest BCUT2D eigenvalue weighted by atomic mass is 10.1. The Bertz CT molecular complexity index is 773. The molecule has 0 saturated carbocycles. The van der Waals surface area contributed by atoms with Gasteiger partial charge in [-0.3, -0.25) is 10.1 Å². The van der Waals surface area contributed by atoms with Crippen molar-refractivity contribution in [1.29, 1.82) is 0 Å². The molecule has 1 aromatic heterocycles. The number of carbonyl (C=O) groups is 1. The van der Waals surface area contributed by atoms with Crippen molar-refractivity contribution in [3.63, 3.8) is 0 Å². The number of aromatic nitrogens is 1. The van der Waals surface area contributed by atoms with Crippen LogP contribution >= 0.6 is 0 Å². The number of carbonyl (C=O) groups excluding carboxylic acids is 1. The predicted molar refractivity (Wildman–Crippen MR) is 103 cm³/mol. The van der Waals surface area contributed by atoms with Crippen molar-refractivity contribution in [3.8, 4) is 11.5 Å². The number of anilines is 1. The van der Waals surface area contributed by atoms with E-state index in [-0.39, 0.29) is 17.9 Å². The van der Waals surface area contributed by atoms with Crippen LogP contribution in [0.5, 0.6) is 11.5 Å². The maximum absolute atomic E-state index is 12.3. The Hall–Kier alpha value is -3.36. The number of nitro groups is 1. The number of nitrogens with one attached hydrogen (secondary N) is 1. The molecule has 1 N–H and O–H groups in total. The van der Waals surface area contributed by atoms with Gasteiger partial charge >= 0.3 is 5.97 Å². The molecule has 0 unspecified atom stereocenters. The van der Waals surface area contributed by atoms with Crippen LogP contribution in [0.4, 0.5) is 11.5 Å². The summed E-state index contributed by atoms with van der Waals surface area (Å²) in [4.78, 5) is 26.4. The zero-order chi connectivity index (χ0) is 20.4. The van der Waals surface area contributed by atoms with Gasteiger partial charge in [-0.25, -0.2) is 9.78 Å². The number of hydrogen-bond acceptors (Lipinski definition) is 8. The van der Waals surface area contributed by atoms with Crippen LogP contribution in [-0.2, 0) is 4.74 Å². The smallest absolute Gasteiger partial charge is 0.345 e. The van der Waals surface area contributed by atoms with Crippen molar-refractivity contribution in [2.75, 3.05) is 32.7 Å². The molecule has 0 aliphatic carbocycles. The number of pyridine rings is 1. The van der Waals surface area contributed by atoms with E-state index in [4.69, 9.17) is 14.2 Å². The number of benzene rings is 1. The van der Waals surface area contributed by atoms with Crippen LogP contribution in [0.25, 0.3) is 0 Å². The number of hydrogen-bond donors (Lipinski definition) is 1. The molecule has 0 spiro atoms. The van der Waals surface area contributed by atoms with Gasteiger partial charge in [-0.2, -0.15) is 0 Å². The van der Waals surface area contributed by atoms with Crippen LogP contribution in [0, 0.1) is 10.1 Å². The molecule has 2 rings (SSSR count). The van der Waals surface area contributed by atoms with E-state index in [9.17, 15) is 14.9 Å². The van der Waals surface area contributed by atoms with Crippen molar-refractivity contribution >= 4 is 17.5 Å². The molecule has 0 fully saturated rings. The molecule has 1 heterocycles. The molecule has 2 aromatic rings. The van der Waals surface area contributed by atoms with Gasteiger partial charge in [0.15, 0.2) is 0 Å². The summed E-state index contributed by atoms with van der Waals surface area (Å²) in [5, 5.41) is 13.7. The van der Waals surface area contributed by atoms with Gasteiger partial charge in [0.05, 0.1) is 25.7 Å². The number of rotatable bonds is 11. The second-order valence-electron chi connectivity index (χ2n) is 5.82. The zero-order valence-corrected chi connectivity index (χ0v) is 15.8. The maximum atomic E-state index is 12.3. The predicted octanol–water partition coefficient (Wildman–Crippen LogP) is 3.45. The summed E-state index contributed by atoms with van der Waals surface area (Å²) in [7, 11) is 2.97. The summed E-state index contributed by atoms with van der Waals surface area (Å²) >= 11 is 0. The highest BCUT2D eigenvalue weighted by molar-refractivity contribution is 5.95. The van der Waals surface area contributed by atoms with E-state index >= 15 is 0 Å². The van der Waals surface area contributed by atoms with Gasteiger partial charge in [0.1, 0.15) is 29.1 Å². The summed E-state index contributed by atoms with van der Waals surface area (Å²) in [5.41, 5.74) is 0.234.